The third-order valence-corrected chi connectivity index (χ3v) is 3.45. The van der Waals surface area contributed by atoms with Crippen LogP contribution in [-0.4, -0.2) is 50.6 Å². The van der Waals surface area contributed by atoms with Crippen LogP contribution in [0.2, 0.25) is 0 Å². The molecule has 0 aromatic rings. The smallest absolute Gasteiger partial charge is 0.228 e. The lowest BCUT2D eigenvalue weighted by atomic mass is 9.95. The quantitative estimate of drug-likeness (QED) is 0.793. The van der Waals surface area contributed by atoms with Gasteiger partial charge < -0.3 is 15.5 Å². The third-order valence-electron chi connectivity index (χ3n) is 3.45. The average molecular weight is 284 g/mol. The molecule has 0 radical (unpaired) electrons. The van der Waals surface area contributed by atoms with Gasteiger partial charge in [0, 0.05) is 26.2 Å². The predicted octanol–water partition coefficient (Wildman–Crippen LogP) is 0.507. The Balaban J connectivity index is 0.00000128. The van der Waals surface area contributed by atoms with Crippen molar-refractivity contribution >= 4 is 30.7 Å². The number of amides is 1. The minimum atomic E-state index is 0. The molecule has 1 amide bonds. The molecule has 0 bridgehead atoms. The number of hydrogen-bond donors (Lipinski definition) is 2. The lowest BCUT2D eigenvalue weighted by Gasteiger charge is -2.37. The molecule has 2 aliphatic heterocycles. The second-order valence-electron chi connectivity index (χ2n) is 4.71. The van der Waals surface area contributed by atoms with Crippen molar-refractivity contribution in [2.75, 3.05) is 39.8 Å². The van der Waals surface area contributed by atoms with Gasteiger partial charge in [0.15, 0.2) is 0 Å². The molecule has 0 aromatic carbocycles. The highest BCUT2D eigenvalue weighted by molar-refractivity contribution is 5.85. The van der Waals surface area contributed by atoms with E-state index in [9.17, 15) is 4.79 Å². The maximum absolute atomic E-state index is 12.0. The van der Waals surface area contributed by atoms with Gasteiger partial charge in [-0.3, -0.25) is 4.79 Å². The summed E-state index contributed by atoms with van der Waals surface area (Å²) in [5, 5.41) is 6.36. The zero-order chi connectivity index (χ0) is 10.7. The minimum absolute atomic E-state index is 0. The molecule has 2 N–H and O–H groups in total. The van der Waals surface area contributed by atoms with Gasteiger partial charge in [-0.2, -0.15) is 0 Å². The van der Waals surface area contributed by atoms with Gasteiger partial charge in [-0.25, -0.2) is 0 Å². The van der Waals surface area contributed by atoms with Crippen molar-refractivity contribution < 1.29 is 4.79 Å². The summed E-state index contributed by atoms with van der Waals surface area (Å²) >= 11 is 0. The van der Waals surface area contributed by atoms with Crippen LogP contribution in [-0.2, 0) is 4.79 Å². The van der Waals surface area contributed by atoms with Crippen molar-refractivity contribution in [3.63, 3.8) is 0 Å². The maximum atomic E-state index is 12.0. The van der Waals surface area contributed by atoms with Crippen molar-refractivity contribution in [2.45, 2.75) is 12.8 Å². The van der Waals surface area contributed by atoms with Crippen LogP contribution in [0.3, 0.4) is 0 Å². The molecule has 1 unspecified atom stereocenters. The molecule has 2 saturated heterocycles. The van der Waals surface area contributed by atoms with Crippen molar-refractivity contribution in [3.05, 3.63) is 0 Å². The number of nitrogens with one attached hydrogen (secondary N) is 2. The molecule has 2 fully saturated rings. The first-order valence-corrected chi connectivity index (χ1v) is 5.95. The van der Waals surface area contributed by atoms with Crippen molar-refractivity contribution in [2.24, 2.45) is 11.8 Å². The highest BCUT2D eigenvalue weighted by atomic mass is 35.5. The zero-order valence-electron chi connectivity index (χ0n) is 10.3. The Hall–Kier alpha value is -0.0300. The first-order valence-electron chi connectivity index (χ1n) is 5.95. The van der Waals surface area contributed by atoms with E-state index < -0.39 is 0 Å². The number of hydrogen-bond acceptors (Lipinski definition) is 3. The van der Waals surface area contributed by atoms with Gasteiger partial charge in [-0.05, 0) is 32.4 Å². The molecule has 102 valence electrons. The van der Waals surface area contributed by atoms with Crippen molar-refractivity contribution in [3.8, 4) is 0 Å². The Morgan fingerprint density at radius 1 is 1.41 bits per heavy atom. The number of carbonyl (C=O) groups is 1. The fourth-order valence-electron chi connectivity index (χ4n) is 2.44. The Morgan fingerprint density at radius 3 is 2.65 bits per heavy atom. The Labute approximate surface area is 116 Å². The largest absolute Gasteiger partial charge is 0.342 e. The summed E-state index contributed by atoms with van der Waals surface area (Å²) < 4.78 is 0. The van der Waals surface area contributed by atoms with Crippen LogP contribution in [0, 0.1) is 11.8 Å². The molecule has 6 heteroatoms. The summed E-state index contributed by atoms with van der Waals surface area (Å²) in [6, 6.07) is 0. The fraction of sp³-hybridized carbons (Fsp3) is 0.909. The number of likely N-dealkylation sites (tertiary alicyclic amines) is 1. The topological polar surface area (TPSA) is 44.4 Å². The summed E-state index contributed by atoms with van der Waals surface area (Å²) in [6.07, 6.45) is 2.42. The average Bonchev–Trinajstić information content (AvgIpc) is 2.16. The number of carbonyl (C=O) groups excluding carboxylic acids is 1. The van der Waals surface area contributed by atoms with Crippen LogP contribution in [0.5, 0.6) is 0 Å². The first-order chi connectivity index (χ1) is 7.31. The molecule has 2 rings (SSSR count). The molecule has 17 heavy (non-hydrogen) atoms. The number of rotatable bonds is 3. The number of nitrogens with zero attached hydrogens (tertiary/aromatic N) is 1. The SMILES string of the molecule is CNCC1CCCN(C(=O)C2CNC2)C1.Cl.Cl. The molecule has 1 atom stereocenters. The van der Waals surface area contributed by atoms with Gasteiger partial charge in [-0.1, -0.05) is 0 Å². The Kier molecular flexibility index (Phi) is 8.12. The van der Waals surface area contributed by atoms with E-state index in [1.165, 1.54) is 6.42 Å². The Morgan fingerprint density at radius 2 is 2.12 bits per heavy atom. The van der Waals surface area contributed by atoms with E-state index in [0.29, 0.717) is 11.8 Å². The van der Waals surface area contributed by atoms with Crippen molar-refractivity contribution in [1.82, 2.24) is 15.5 Å². The van der Waals surface area contributed by atoms with E-state index in [1.54, 1.807) is 0 Å². The lowest BCUT2D eigenvalue weighted by molar-refractivity contribution is -0.138. The number of halogens is 2. The molecular formula is C11H23Cl2N3O. The lowest BCUT2D eigenvalue weighted by Crippen LogP contribution is -2.54. The summed E-state index contributed by atoms with van der Waals surface area (Å²) in [4.78, 5) is 14.1. The second kappa shape index (κ2) is 8.14. The minimum Gasteiger partial charge on any atom is -0.342 e. The predicted molar refractivity (Wildman–Crippen MR) is 74.1 cm³/mol. The van der Waals surface area contributed by atoms with Gasteiger partial charge >= 0.3 is 0 Å². The van der Waals surface area contributed by atoms with Crippen LogP contribution >= 0.6 is 24.8 Å². The van der Waals surface area contributed by atoms with E-state index in [1.807, 2.05) is 7.05 Å². The maximum Gasteiger partial charge on any atom is 0.228 e. The van der Waals surface area contributed by atoms with Gasteiger partial charge in [0.1, 0.15) is 0 Å². The Bertz CT molecular complexity index is 235. The van der Waals surface area contributed by atoms with Crippen LogP contribution in [0.4, 0.5) is 0 Å². The van der Waals surface area contributed by atoms with Gasteiger partial charge in [0.25, 0.3) is 0 Å². The summed E-state index contributed by atoms with van der Waals surface area (Å²) in [7, 11) is 1.98. The molecule has 0 aromatic heterocycles. The highest BCUT2D eigenvalue weighted by Crippen LogP contribution is 2.18. The molecule has 0 aliphatic carbocycles. The monoisotopic (exact) mass is 283 g/mol. The van der Waals surface area contributed by atoms with E-state index >= 15 is 0 Å². The van der Waals surface area contributed by atoms with Crippen LogP contribution in [0.15, 0.2) is 0 Å². The summed E-state index contributed by atoms with van der Waals surface area (Å²) in [5.41, 5.74) is 0. The third kappa shape index (κ3) is 4.28. The normalized spacial score (nSPS) is 24.3. The molecule has 4 nitrogen and oxygen atoms in total. The molecular weight excluding hydrogens is 261 g/mol. The molecule has 0 saturated carbocycles. The van der Waals surface area contributed by atoms with E-state index in [-0.39, 0.29) is 30.7 Å². The van der Waals surface area contributed by atoms with Gasteiger partial charge in [0.05, 0.1) is 5.92 Å². The first kappa shape index (κ1) is 17.0. The van der Waals surface area contributed by atoms with Crippen molar-refractivity contribution in [1.29, 1.82) is 0 Å². The van der Waals surface area contributed by atoms with Crippen LogP contribution in [0.1, 0.15) is 12.8 Å². The van der Waals surface area contributed by atoms with E-state index in [2.05, 4.69) is 15.5 Å². The molecule has 2 heterocycles. The van der Waals surface area contributed by atoms with E-state index in [0.717, 1.165) is 39.1 Å². The fourth-order valence-corrected chi connectivity index (χ4v) is 2.44. The summed E-state index contributed by atoms with van der Waals surface area (Å²) in [6.45, 7) is 4.72. The zero-order valence-corrected chi connectivity index (χ0v) is 11.9. The summed E-state index contributed by atoms with van der Waals surface area (Å²) in [5.74, 6) is 1.29. The highest BCUT2D eigenvalue weighted by Gasteiger charge is 2.31. The molecule has 0 spiro atoms. The van der Waals surface area contributed by atoms with Gasteiger partial charge in [0.2, 0.25) is 5.91 Å². The van der Waals surface area contributed by atoms with Crippen LogP contribution < -0.4 is 10.6 Å². The van der Waals surface area contributed by atoms with E-state index in [4.69, 9.17) is 0 Å². The van der Waals surface area contributed by atoms with Gasteiger partial charge in [-0.15, -0.1) is 24.8 Å². The standard InChI is InChI=1S/C11H21N3O.2ClH/c1-12-5-9-3-2-4-14(8-9)11(15)10-6-13-7-10;;/h9-10,12-13H,2-8H2,1H3;2*1H. The molecule has 2 aliphatic rings. The number of piperidine rings is 1. The van der Waals surface area contributed by atoms with Crippen LogP contribution in [0.25, 0.3) is 0 Å². The second-order valence-corrected chi connectivity index (χ2v) is 4.71.